The van der Waals surface area contributed by atoms with Crippen molar-refractivity contribution in [1.29, 1.82) is 0 Å². The smallest absolute Gasteiger partial charge is 0.107 e. The third kappa shape index (κ3) is 4.07. The Morgan fingerprint density at radius 1 is 1.35 bits per heavy atom. The first kappa shape index (κ1) is 13.0. The number of hydrogen-bond donors (Lipinski definition) is 1. The predicted molar refractivity (Wildman–Crippen MR) is 74.3 cm³/mol. The molecule has 2 rings (SSSR count). The Bertz CT molecular complexity index is 327. The summed E-state index contributed by atoms with van der Waals surface area (Å²) in [4.78, 5) is 4.50. The van der Waals surface area contributed by atoms with Crippen LogP contribution in [0.15, 0.2) is 5.38 Å². The van der Waals surface area contributed by atoms with Gasteiger partial charge in [-0.1, -0.05) is 25.7 Å². The number of thiazole rings is 1. The fourth-order valence-electron chi connectivity index (χ4n) is 2.71. The summed E-state index contributed by atoms with van der Waals surface area (Å²) < 4.78 is 0. The lowest BCUT2D eigenvalue weighted by molar-refractivity contribution is 0.336. The van der Waals surface area contributed by atoms with E-state index in [9.17, 15) is 0 Å². The Hall–Kier alpha value is -0.410. The van der Waals surface area contributed by atoms with Crippen molar-refractivity contribution in [2.75, 3.05) is 0 Å². The van der Waals surface area contributed by atoms with Gasteiger partial charge in [0.05, 0.1) is 0 Å². The molecule has 17 heavy (non-hydrogen) atoms. The second-order valence-electron chi connectivity index (χ2n) is 5.30. The first-order valence-electron chi connectivity index (χ1n) is 6.90. The molecule has 0 radical (unpaired) electrons. The highest BCUT2D eigenvalue weighted by molar-refractivity contribution is 7.09. The van der Waals surface area contributed by atoms with Crippen LogP contribution >= 0.6 is 11.3 Å². The molecule has 0 unspecified atom stereocenters. The van der Waals surface area contributed by atoms with E-state index in [0.29, 0.717) is 6.04 Å². The Labute approximate surface area is 109 Å². The molecule has 3 heteroatoms. The lowest BCUT2D eigenvalue weighted by Crippen LogP contribution is -2.32. The predicted octanol–water partition coefficient (Wildman–Crippen LogP) is 3.90. The van der Waals surface area contributed by atoms with Gasteiger partial charge in [0, 0.05) is 23.7 Å². The van der Waals surface area contributed by atoms with Gasteiger partial charge >= 0.3 is 0 Å². The van der Waals surface area contributed by atoms with Crippen molar-refractivity contribution in [2.45, 2.75) is 65.0 Å². The van der Waals surface area contributed by atoms with Crippen LogP contribution in [-0.4, -0.2) is 11.0 Å². The highest BCUT2D eigenvalue weighted by Crippen LogP contribution is 2.25. The van der Waals surface area contributed by atoms with Crippen molar-refractivity contribution in [1.82, 2.24) is 10.3 Å². The van der Waals surface area contributed by atoms with Gasteiger partial charge in [0.1, 0.15) is 5.01 Å². The molecule has 1 aromatic heterocycles. The van der Waals surface area contributed by atoms with E-state index in [2.05, 4.69) is 29.5 Å². The molecule has 1 fully saturated rings. The Morgan fingerprint density at radius 2 is 2.06 bits per heavy atom. The zero-order valence-corrected chi connectivity index (χ0v) is 11.9. The number of rotatable bonds is 4. The van der Waals surface area contributed by atoms with Crippen LogP contribution in [0.1, 0.15) is 56.2 Å². The Morgan fingerprint density at radius 3 is 2.65 bits per heavy atom. The van der Waals surface area contributed by atoms with Gasteiger partial charge in [0.15, 0.2) is 0 Å². The molecule has 0 aromatic carbocycles. The number of aromatic nitrogens is 1. The highest BCUT2D eigenvalue weighted by Gasteiger charge is 2.18. The van der Waals surface area contributed by atoms with Gasteiger partial charge in [-0.15, -0.1) is 11.3 Å². The Kier molecular flexibility index (Phi) is 4.99. The first-order valence-corrected chi connectivity index (χ1v) is 7.78. The minimum Gasteiger partial charge on any atom is -0.308 e. The van der Waals surface area contributed by atoms with Crippen LogP contribution in [0.3, 0.4) is 0 Å². The third-order valence-electron chi connectivity index (χ3n) is 3.85. The van der Waals surface area contributed by atoms with Crippen molar-refractivity contribution in [3.63, 3.8) is 0 Å². The van der Waals surface area contributed by atoms with Crippen LogP contribution in [0.5, 0.6) is 0 Å². The average Bonchev–Trinajstić information content (AvgIpc) is 2.58. The fourth-order valence-corrected chi connectivity index (χ4v) is 3.43. The molecule has 0 aliphatic heterocycles. The zero-order chi connectivity index (χ0) is 12.1. The summed E-state index contributed by atoms with van der Waals surface area (Å²) >= 11 is 1.77. The largest absolute Gasteiger partial charge is 0.308 e. The van der Waals surface area contributed by atoms with Crippen LogP contribution in [0.25, 0.3) is 0 Å². The minimum absolute atomic E-state index is 0.636. The first-order chi connectivity index (χ1) is 8.25. The monoisotopic (exact) mass is 252 g/mol. The van der Waals surface area contributed by atoms with Crippen molar-refractivity contribution >= 4 is 11.3 Å². The molecule has 0 saturated heterocycles. The van der Waals surface area contributed by atoms with Gasteiger partial charge in [-0.25, -0.2) is 4.98 Å². The fraction of sp³-hybridized carbons (Fsp3) is 0.786. The molecule has 1 aliphatic rings. The van der Waals surface area contributed by atoms with Crippen molar-refractivity contribution in [2.24, 2.45) is 5.92 Å². The summed E-state index contributed by atoms with van der Waals surface area (Å²) in [7, 11) is 0. The van der Waals surface area contributed by atoms with E-state index in [-0.39, 0.29) is 0 Å². The maximum Gasteiger partial charge on any atom is 0.107 e. The number of aryl methyl sites for hydroxylation is 1. The van der Waals surface area contributed by atoms with Crippen LogP contribution in [-0.2, 0) is 6.54 Å². The molecule has 1 N–H and O–H groups in total. The second kappa shape index (κ2) is 6.50. The topological polar surface area (TPSA) is 24.9 Å². The number of nitrogens with zero attached hydrogens (tertiary/aromatic N) is 1. The molecule has 0 amide bonds. The summed E-state index contributed by atoms with van der Waals surface area (Å²) in [5, 5.41) is 7.01. The van der Waals surface area contributed by atoms with Gasteiger partial charge in [-0.2, -0.15) is 0 Å². The van der Waals surface area contributed by atoms with Crippen LogP contribution in [0.4, 0.5) is 0 Å². The van der Waals surface area contributed by atoms with Gasteiger partial charge in [0.2, 0.25) is 0 Å². The van der Waals surface area contributed by atoms with Gasteiger partial charge in [-0.05, 0) is 32.6 Å². The SMILES string of the molecule is Cc1csc(CN[C@@H](C)C2CCCCCC2)n1. The Balaban J connectivity index is 1.77. The standard InChI is InChI=1S/C14H24N2S/c1-11-10-17-14(16-11)9-15-12(2)13-7-5-3-4-6-8-13/h10,12-13,15H,3-9H2,1-2H3/t12-/m0/s1. The molecule has 0 spiro atoms. The van der Waals surface area contributed by atoms with Gasteiger partial charge < -0.3 is 5.32 Å². The molecule has 0 bridgehead atoms. The van der Waals surface area contributed by atoms with Gasteiger partial charge in [-0.3, -0.25) is 0 Å². The molecule has 1 saturated carbocycles. The van der Waals surface area contributed by atoms with E-state index in [4.69, 9.17) is 0 Å². The number of hydrogen-bond acceptors (Lipinski definition) is 3. The highest BCUT2D eigenvalue weighted by atomic mass is 32.1. The molecular weight excluding hydrogens is 228 g/mol. The molecule has 2 nitrogen and oxygen atoms in total. The quantitative estimate of drug-likeness (QED) is 0.822. The molecule has 1 atom stereocenters. The van der Waals surface area contributed by atoms with Crippen LogP contribution in [0.2, 0.25) is 0 Å². The van der Waals surface area contributed by atoms with Gasteiger partial charge in [0.25, 0.3) is 0 Å². The van der Waals surface area contributed by atoms with E-state index < -0.39 is 0 Å². The normalized spacial score (nSPS) is 20.1. The second-order valence-corrected chi connectivity index (χ2v) is 6.25. The van der Waals surface area contributed by atoms with E-state index >= 15 is 0 Å². The summed E-state index contributed by atoms with van der Waals surface area (Å²) in [6.45, 7) is 5.35. The van der Waals surface area contributed by atoms with Crippen molar-refractivity contribution < 1.29 is 0 Å². The molecular formula is C14H24N2S. The molecule has 1 aromatic rings. The van der Waals surface area contributed by atoms with E-state index in [1.807, 2.05) is 0 Å². The minimum atomic E-state index is 0.636. The lowest BCUT2D eigenvalue weighted by Gasteiger charge is -2.23. The summed E-state index contributed by atoms with van der Waals surface area (Å²) in [5.41, 5.74) is 1.15. The summed E-state index contributed by atoms with van der Waals surface area (Å²) in [5.74, 6) is 0.874. The van der Waals surface area contributed by atoms with Crippen molar-refractivity contribution in [3.8, 4) is 0 Å². The summed E-state index contributed by atoms with van der Waals surface area (Å²) in [6, 6.07) is 0.636. The van der Waals surface area contributed by atoms with Crippen LogP contribution in [0, 0.1) is 12.8 Å². The maximum atomic E-state index is 4.50. The zero-order valence-electron chi connectivity index (χ0n) is 11.0. The summed E-state index contributed by atoms with van der Waals surface area (Å²) in [6.07, 6.45) is 8.54. The lowest BCUT2D eigenvalue weighted by atomic mass is 9.93. The van der Waals surface area contributed by atoms with Crippen LogP contribution < -0.4 is 5.32 Å². The number of nitrogens with one attached hydrogen (secondary N) is 1. The van der Waals surface area contributed by atoms with E-state index in [1.54, 1.807) is 11.3 Å². The third-order valence-corrected chi connectivity index (χ3v) is 4.82. The molecule has 96 valence electrons. The van der Waals surface area contributed by atoms with E-state index in [1.165, 1.54) is 43.5 Å². The average molecular weight is 252 g/mol. The molecule has 1 aliphatic carbocycles. The van der Waals surface area contributed by atoms with Crippen molar-refractivity contribution in [3.05, 3.63) is 16.1 Å². The molecule has 1 heterocycles. The van der Waals surface area contributed by atoms with E-state index in [0.717, 1.165) is 18.2 Å². The maximum absolute atomic E-state index is 4.50.